The van der Waals surface area contributed by atoms with E-state index in [1.54, 1.807) is 0 Å². The van der Waals surface area contributed by atoms with Crippen molar-refractivity contribution < 1.29 is 4.52 Å². The first-order valence-corrected chi connectivity index (χ1v) is 7.07. The van der Waals surface area contributed by atoms with Crippen LogP contribution in [0.15, 0.2) is 4.52 Å². The Morgan fingerprint density at radius 3 is 2.61 bits per heavy atom. The standard InChI is InChI=1S/C13H24N4O/c1-3-17(4-2)13-15-12(18-16-13)9-11(14)10-7-5-6-8-10/h10-11H,3-9,14H2,1-2H3. The summed E-state index contributed by atoms with van der Waals surface area (Å²) in [6.07, 6.45) is 5.83. The predicted molar refractivity (Wildman–Crippen MR) is 71.5 cm³/mol. The van der Waals surface area contributed by atoms with Gasteiger partial charge in [0.15, 0.2) is 0 Å². The molecule has 0 spiro atoms. The highest BCUT2D eigenvalue weighted by molar-refractivity contribution is 5.26. The van der Waals surface area contributed by atoms with E-state index in [1.807, 2.05) is 0 Å². The maximum Gasteiger partial charge on any atom is 0.266 e. The molecule has 0 bridgehead atoms. The Labute approximate surface area is 109 Å². The average Bonchev–Trinajstić information content (AvgIpc) is 3.01. The third kappa shape index (κ3) is 3.02. The normalized spacial score (nSPS) is 18.2. The molecule has 5 nitrogen and oxygen atoms in total. The quantitative estimate of drug-likeness (QED) is 0.838. The summed E-state index contributed by atoms with van der Waals surface area (Å²) in [7, 11) is 0. The molecule has 1 unspecified atom stereocenters. The maximum atomic E-state index is 6.22. The Hall–Kier alpha value is -1.10. The molecule has 0 saturated heterocycles. The van der Waals surface area contributed by atoms with Gasteiger partial charge >= 0.3 is 0 Å². The molecule has 1 aromatic rings. The van der Waals surface area contributed by atoms with Gasteiger partial charge in [0.2, 0.25) is 5.89 Å². The summed E-state index contributed by atoms with van der Waals surface area (Å²) in [6.45, 7) is 5.96. The Bertz CT molecular complexity index is 356. The first kappa shape index (κ1) is 13.3. The third-order valence-corrected chi connectivity index (χ3v) is 3.92. The van der Waals surface area contributed by atoms with E-state index in [0.29, 0.717) is 24.2 Å². The van der Waals surface area contributed by atoms with Gasteiger partial charge in [0, 0.05) is 25.6 Å². The molecule has 18 heavy (non-hydrogen) atoms. The molecule has 5 heteroatoms. The van der Waals surface area contributed by atoms with Crippen LogP contribution in [0.1, 0.15) is 45.4 Å². The Kier molecular flexibility index (Phi) is 4.58. The molecule has 102 valence electrons. The second-order valence-electron chi connectivity index (χ2n) is 5.07. The minimum absolute atomic E-state index is 0.164. The molecular weight excluding hydrogens is 228 g/mol. The van der Waals surface area contributed by atoms with E-state index in [2.05, 4.69) is 28.9 Å². The number of rotatable bonds is 6. The molecule has 2 rings (SSSR count). The van der Waals surface area contributed by atoms with Crippen molar-refractivity contribution in [3.05, 3.63) is 5.89 Å². The largest absolute Gasteiger partial charge is 0.339 e. The molecule has 1 heterocycles. The van der Waals surface area contributed by atoms with Crippen LogP contribution in [0.25, 0.3) is 0 Å². The van der Waals surface area contributed by atoms with Gasteiger partial charge in [-0.3, -0.25) is 0 Å². The lowest BCUT2D eigenvalue weighted by Crippen LogP contribution is -2.30. The van der Waals surface area contributed by atoms with E-state index in [-0.39, 0.29) is 6.04 Å². The van der Waals surface area contributed by atoms with Gasteiger partial charge < -0.3 is 15.2 Å². The van der Waals surface area contributed by atoms with Crippen molar-refractivity contribution in [3.8, 4) is 0 Å². The monoisotopic (exact) mass is 252 g/mol. The molecular formula is C13H24N4O. The molecule has 1 saturated carbocycles. The van der Waals surface area contributed by atoms with E-state index >= 15 is 0 Å². The number of aromatic nitrogens is 2. The number of hydrogen-bond donors (Lipinski definition) is 1. The fourth-order valence-corrected chi connectivity index (χ4v) is 2.72. The molecule has 1 fully saturated rings. The van der Waals surface area contributed by atoms with Crippen LogP contribution in [-0.2, 0) is 6.42 Å². The van der Waals surface area contributed by atoms with Crippen LogP contribution in [-0.4, -0.2) is 29.3 Å². The first-order chi connectivity index (χ1) is 8.74. The number of hydrogen-bond acceptors (Lipinski definition) is 5. The summed E-state index contributed by atoms with van der Waals surface area (Å²) >= 11 is 0. The minimum Gasteiger partial charge on any atom is -0.339 e. The van der Waals surface area contributed by atoms with Crippen LogP contribution >= 0.6 is 0 Å². The van der Waals surface area contributed by atoms with Gasteiger partial charge in [-0.05, 0) is 37.8 Å². The molecule has 0 radical (unpaired) electrons. The van der Waals surface area contributed by atoms with Crippen molar-refractivity contribution in [3.63, 3.8) is 0 Å². The average molecular weight is 252 g/mol. The van der Waals surface area contributed by atoms with Crippen LogP contribution in [0.4, 0.5) is 5.95 Å². The lowest BCUT2D eigenvalue weighted by Gasteiger charge is -2.16. The fraction of sp³-hybridized carbons (Fsp3) is 0.846. The zero-order chi connectivity index (χ0) is 13.0. The van der Waals surface area contributed by atoms with Crippen molar-refractivity contribution in [2.24, 2.45) is 11.7 Å². The molecule has 1 aliphatic carbocycles. The van der Waals surface area contributed by atoms with Gasteiger partial charge in [-0.25, -0.2) is 0 Å². The second kappa shape index (κ2) is 6.18. The zero-order valence-corrected chi connectivity index (χ0v) is 11.4. The van der Waals surface area contributed by atoms with Crippen molar-refractivity contribution in [2.75, 3.05) is 18.0 Å². The molecule has 0 aromatic carbocycles. The molecule has 2 N–H and O–H groups in total. The van der Waals surface area contributed by atoms with Crippen LogP contribution in [0.3, 0.4) is 0 Å². The third-order valence-electron chi connectivity index (χ3n) is 3.92. The minimum atomic E-state index is 0.164. The zero-order valence-electron chi connectivity index (χ0n) is 11.4. The lowest BCUT2D eigenvalue weighted by molar-refractivity contribution is 0.340. The van der Waals surface area contributed by atoms with Crippen molar-refractivity contribution in [2.45, 2.75) is 52.0 Å². The molecule has 1 atom stereocenters. The van der Waals surface area contributed by atoms with Crippen LogP contribution in [0.2, 0.25) is 0 Å². The molecule has 1 aromatic heterocycles. The van der Waals surface area contributed by atoms with E-state index in [9.17, 15) is 0 Å². The van der Waals surface area contributed by atoms with Gasteiger partial charge in [-0.2, -0.15) is 4.98 Å². The number of nitrogens with zero attached hydrogens (tertiary/aromatic N) is 3. The summed E-state index contributed by atoms with van der Waals surface area (Å²) in [4.78, 5) is 6.51. The topological polar surface area (TPSA) is 68.2 Å². The molecule has 1 aliphatic rings. The summed E-state index contributed by atoms with van der Waals surface area (Å²) in [5, 5.41) is 4.02. The summed E-state index contributed by atoms with van der Waals surface area (Å²) in [5.41, 5.74) is 6.22. The highest BCUT2D eigenvalue weighted by Crippen LogP contribution is 2.28. The highest BCUT2D eigenvalue weighted by Gasteiger charge is 2.24. The molecule has 0 amide bonds. The van der Waals surface area contributed by atoms with Crippen LogP contribution < -0.4 is 10.6 Å². The van der Waals surface area contributed by atoms with Crippen molar-refractivity contribution in [1.29, 1.82) is 0 Å². The molecule has 0 aliphatic heterocycles. The number of nitrogens with two attached hydrogens (primary N) is 1. The Balaban J connectivity index is 1.93. The second-order valence-corrected chi connectivity index (χ2v) is 5.07. The van der Waals surface area contributed by atoms with E-state index in [4.69, 9.17) is 10.3 Å². The van der Waals surface area contributed by atoms with E-state index in [1.165, 1.54) is 25.7 Å². The number of anilines is 1. The van der Waals surface area contributed by atoms with E-state index < -0.39 is 0 Å². The van der Waals surface area contributed by atoms with Crippen molar-refractivity contribution >= 4 is 5.95 Å². The smallest absolute Gasteiger partial charge is 0.266 e. The Morgan fingerprint density at radius 1 is 1.33 bits per heavy atom. The summed E-state index contributed by atoms with van der Waals surface area (Å²) in [6, 6.07) is 0.164. The summed E-state index contributed by atoms with van der Waals surface area (Å²) < 4.78 is 5.30. The van der Waals surface area contributed by atoms with Crippen LogP contribution in [0.5, 0.6) is 0 Å². The lowest BCUT2D eigenvalue weighted by atomic mass is 9.96. The highest BCUT2D eigenvalue weighted by atomic mass is 16.5. The van der Waals surface area contributed by atoms with Gasteiger partial charge in [-0.15, -0.1) is 0 Å². The van der Waals surface area contributed by atoms with Gasteiger partial charge in [0.1, 0.15) is 0 Å². The fourth-order valence-electron chi connectivity index (χ4n) is 2.72. The predicted octanol–water partition coefficient (Wildman–Crippen LogP) is 1.98. The Morgan fingerprint density at radius 2 is 2.00 bits per heavy atom. The SMILES string of the molecule is CCN(CC)c1noc(CC(N)C2CCCC2)n1. The maximum absolute atomic E-state index is 6.22. The van der Waals surface area contributed by atoms with E-state index in [0.717, 1.165) is 13.1 Å². The van der Waals surface area contributed by atoms with Crippen molar-refractivity contribution in [1.82, 2.24) is 10.1 Å². The van der Waals surface area contributed by atoms with Gasteiger partial charge in [0.05, 0.1) is 0 Å². The van der Waals surface area contributed by atoms with Gasteiger partial charge in [0.25, 0.3) is 5.95 Å². The summed E-state index contributed by atoms with van der Waals surface area (Å²) in [5.74, 6) is 2.00. The first-order valence-electron chi connectivity index (χ1n) is 7.07. The van der Waals surface area contributed by atoms with Crippen LogP contribution in [0, 0.1) is 5.92 Å². The van der Waals surface area contributed by atoms with Gasteiger partial charge in [-0.1, -0.05) is 12.8 Å².